The highest BCUT2D eigenvalue weighted by Gasteiger charge is 2.29. The Morgan fingerprint density at radius 3 is 3.17 bits per heavy atom. The van der Waals surface area contributed by atoms with E-state index in [1.165, 1.54) is 0 Å². The number of carbonyl (C=O) groups is 1. The van der Waals surface area contributed by atoms with Crippen LogP contribution in [0.3, 0.4) is 0 Å². The van der Waals surface area contributed by atoms with Crippen molar-refractivity contribution in [2.75, 3.05) is 13.2 Å². The molecule has 0 aromatic carbocycles. The maximum Gasteiger partial charge on any atom is 0.270 e. The summed E-state index contributed by atoms with van der Waals surface area (Å²) in [5.41, 5.74) is 2.94. The molecule has 7 heteroatoms. The molecule has 3 aromatic heterocycles. The number of rotatable bonds is 3. The first-order valence-electron chi connectivity index (χ1n) is 7.91. The molecule has 6 nitrogen and oxygen atoms in total. The van der Waals surface area contributed by atoms with E-state index in [-0.39, 0.29) is 18.6 Å². The summed E-state index contributed by atoms with van der Waals surface area (Å²) < 4.78 is 0. The molecule has 1 fully saturated rings. The number of H-pyrrole nitrogens is 2. The van der Waals surface area contributed by atoms with Crippen molar-refractivity contribution in [1.29, 1.82) is 0 Å². The number of aliphatic hydroxyl groups excluding tert-OH is 1. The minimum Gasteiger partial charge on any atom is -0.394 e. The van der Waals surface area contributed by atoms with Crippen LogP contribution in [0.5, 0.6) is 0 Å². The van der Waals surface area contributed by atoms with Crippen LogP contribution in [-0.2, 0) is 0 Å². The Morgan fingerprint density at radius 2 is 2.33 bits per heavy atom. The quantitative estimate of drug-likeness (QED) is 0.683. The summed E-state index contributed by atoms with van der Waals surface area (Å²) in [7, 11) is 0. The average Bonchev–Trinajstić information content (AvgIpc) is 3.33. The summed E-state index contributed by atoms with van der Waals surface area (Å²) in [5, 5.41) is 10.9. The smallest absolute Gasteiger partial charge is 0.270 e. The number of aromatic nitrogens is 3. The molecule has 124 valence electrons. The lowest BCUT2D eigenvalue weighted by Crippen LogP contribution is -2.37. The molecule has 1 atom stereocenters. The van der Waals surface area contributed by atoms with Crippen molar-refractivity contribution in [3.63, 3.8) is 0 Å². The Balaban J connectivity index is 1.71. The van der Waals surface area contributed by atoms with E-state index in [1.807, 2.05) is 18.3 Å². The van der Waals surface area contributed by atoms with Gasteiger partial charge in [0.05, 0.1) is 17.7 Å². The predicted molar refractivity (Wildman–Crippen MR) is 92.0 cm³/mol. The van der Waals surface area contributed by atoms with Gasteiger partial charge < -0.3 is 20.0 Å². The van der Waals surface area contributed by atoms with Gasteiger partial charge in [-0.15, -0.1) is 0 Å². The summed E-state index contributed by atoms with van der Waals surface area (Å²) in [6.07, 6.45) is 6.96. The third kappa shape index (κ3) is 2.39. The monoisotopic (exact) mass is 344 g/mol. The van der Waals surface area contributed by atoms with Crippen molar-refractivity contribution in [1.82, 2.24) is 19.9 Å². The zero-order valence-electron chi connectivity index (χ0n) is 12.9. The number of hydrogen-bond acceptors (Lipinski definition) is 3. The molecule has 4 rings (SSSR count). The number of fused-ring (bicyclic) bond motifs is 1. The molecule has 1 amide bonds. The number of carbonyl (C=O) groups excluding carboxylic acids is 1. The van der Waals surface area contributed by atoms with Gasteiger partial charge in [0.25, 0.3) is 5.91 Å². The van der Waals surface area contributed by atoms with E-state index in [1.54, 1.807) is 17.3 Å². The Hall–Kier alpha value is -2.31. The summed E-state index contributed by atoms with van der Waals surface area (Å²) in [6, 6.07) is 3.63. The molecule has 0 aliphatic carbocycles. The average molecular weight is 345 g/mol. The van der Waals surface area contributed by atoms with Crippen molar-refractivity contribution in [3.8, 4) is 11.1 Å². The van der Waals surface area contributed by atoms with Gasteiger partial charge in [-0.3, -0.25) is 4.79 Å². The van der Waals surface area contributed by atoms with Crippen molar-refractivity contribution in [2.45, 2.75) is 18.9 Å². The molecule has 0 spiro atoms. The van der Waals surface area contributed by atoms with E-state index in [9.17, 15) is 9.90 Å². The van der Waals surface area contributed by atoms with E-state index in [2.05, 4.69) is 15.0 Å². The molecule has 3 aromatic rings. The maximum absolute atomic E-state index is 12.7. The molecular weight excluding hydrogens is 328 g/mol. The molecule has 0 saturated carbocycles. The fraction of sp³-hybridized carbons (Fsp3) is 0.294. The maximum atomic E-state index is 12.7. The van der Waals surface area contributed by atoms with E-state index in [0.717, 1.165) is 35.0 Å². The molecule has 4 heterocycles. The van der Waals surface area contributed by atoms with Gasteiger partial charge in [-0.2, -0.15) is 0 Å². The van der Waals surface area contributed by atoms with E-state index in [4.69, 9.17) is 11.6 Å². The second-order valence-corrected chi connectivity index (χ2v) is 6.41. The summed E-state index contributed by atoms with van der Waals surface area (Å²) >= 11 is 6.34. The van der Waals surface area contributed by atoms with E-state index >= 15 is 0 Å². The number of pyridine rings is 1. The molecule has 1 saturated heterocycles. The second kappa shape index (κ2) is 5.96. The third-order valence-electron chi connectivity index (χ3n) is 4.59. The van der Waals surface area contributed by atoms with Crippen molar-refractivity contribution < 1.29 is 9.90 Å². The first kappa shape index (κ1) is 15.2. The third-order valence-corrected chi connectivity index (χ3v) is 4.88. The molecule has 1 unspecified atom stereocenters. The minimum absolute atomic E-state index is 0.000535. The summed E-state index contributed by atoms with van der Waals surface area (Å²) in [5.74, 6) is -0.0895. The number of hydrogen-bond donors (Lipinski definition) is 3. The minimum atomic E-state index is -0.0925. The van der Waals surface area contributed by atoms with Crippen LogP contribution in [-0.4, -0.2) is 50.1 Å². The largest absolute Gasteiger partial charge is 0.394 e. The highest BCUT2D eigenvalue weighted by atomic mass is 35.5. The SMILES string of the molecule is O=C(c1cc(-c2c(Cl)cnc3[nH]ccc23)c[nH]1)N1CCCC1CO. The fourth-order valence-electron chi connectivity index (χ4n) is 3.39. The van der Waals surface area contributed by atoms with E-state index < -0.39 is 0 Å². The van der Waals surface area contributed by atoms with E-state index in [0.29, 0.717) is 17.3 Å². The Morgan fingerprint density at radius 1 is 1.46 bits per heavy atom. The first-order chi connectivity index (χ1) is 11.7. The number of nitrogens with one attached hydrogen (secondary N) is 2. The molecular formula is C17H17ClN4O2. The van der Waals surface area contributed by atoms with Gasteiger partial charge in [0.2, 0.25) is 0 Å². The van der Waals surface area contributed by atoms with Gasteiger partial charge in [-0.1, -0.05) is 11.6 Å². The summed E-state index contributed by atoms with van der Waals surface area (Å²) in [4.78, 5) is 24.8. The number of halogens is 1. The Labute approximate surface area is 143 Å². The van der Waals surface area contributed by atoms with Gasteiger partial charge >= 0.3 is 0 Å². The Kier molecular flexibility index (Phi) is 3.78. The lowest BCUT2D eigenvalue weighted by Gasteiger charge is -2.22. The zero-order chi connectivity index (χ0) is 16.7. The first-order valence-corrected chi connectivity index (χ1v) is 8.29. The standard InChI is InChI=1S/C17H17ClN4O2/c18-13-8-21-16-12(3-4-19-16)15(13)10-6-14(20-7-10)17(24)22-5-1-2-11(22)9-23/h3-4,6-8,11,20,23H,1-2,5,9H2,(H,19,21). The number of aromatic amines is 2. The highest BCUT2D eigenvalue weighted by molar-refractivity contribution is 6.34. The molecule has 1 aliphatic heterocycles. The predicted octanol–water partition coefficient (Wildman–Crippen LogP) is 2.81. The van der Waals surface area contributed by atoms with Gasteiger partial charge in [0.1, 0.15) is 11.3 Å². The zero-order valence-corrected chi connectivity index (χ0v) is 13.7. The van der Waals surface area contributed by atoms with Gasteiger partial charge in [-0.05, 0) is 25.0 Å². The number of aliphatic hydroxyl groups is 1. The topological polar surface area (TPSA) is 85.0 Å². The van der Waals surface area contributed by atoms with Crippen LogP contribution < -0.4 is 0 Å². The van der Waals surface area contributed by atoms with Crippen LogP contribution in [0.4, 0.5) is 0 Å². The molecule has 24 heavy (non-hydrogen) atoms. The number of amides is 1. The molecule has 0 bridgehead atoms. The van der Waals surface area contributed by atoms with Gasteiger partial charge in [0, 0.05) is 41.6 Å². The normalized spacial score (nSPS) is 17.8. The highest BCUT2D eigenvalue weighted by Crippen LogP contribution is 2.34. The molecule has 1 aliphatic rings. The molecule has 3 N–H and O–H groups in total. The van der Waals surface area contributed by atoms with Crippen LogP contribution in [0.2, 0.25) is 5.02 Å². The Bertz CT molecular complexity index is 901. The van der Waals surface area contributed by atoms with Crippen LogP contribution in [0.15, 0.2) is 30.7 Å². The molecule has 0 radical (unpaired) electrons. The van der Waals surface area contributed by atoms with Crippen molar-refractivity contribution in [2.24, 2.45) is 0 Å². The number of likely N-dealkylation sites (tertiary alicyclic amines) is 1. The summed E-state index contributed by atoms with van der Waals surface area (Å²) in [6.45, 7) is 0.677. The van der Waals surface area contributed by atoms with Gasteiger partial charge in [0.15, 0.2) is 0 Å². The van der Waals surface area contributed by atoms with Crippen molar-refractivity contribution in [3.05, 3.63) is 41.4 Å². The lowest BCUT2D eigenvalue weighted by molar-refractivity contribution is 0.0672. The van der Waals surface area contributed by atoms with Crippen molar-refractivity contribution >= 4 is 28.5 Å². The fourth-order valence-corrected chi connectivity index (χ4v) is 3.65. The van der Waals surface area contributed by atoms with Crippen LogP contribution in [0.25, 0.3) is 22.2 Å². The van der Waals surface area contributed by atoms with Gasteiger partial charge in [-0.25, -0.2) is 4.98 Å². The van der Waals surface area contributed by atoms with Crippen LogP contribution >= 0.6 is 11.6 Å². The number of nitrogens with zero attached hydrogens (tertiary/aromatic N) is 2. The lowest BCUT2D eigenvalue weighted by atomic mass is 10.1. The second-order valence-electron chi connectivity index (χ2n) is 6.00. The van der Waals surface area contributed by atoms with Crippen LogP contribution in [0.1, 0.15) is 23.3 Å². The van der Waals surface area contributed by atoms with Crippen LogP contribution in [0, 0.1) is 0 Å².